The van der Waals surface area contributed by atoms with E-state index in [0.717, 1.165) is 43.3 Å². The third-order valence-electron chi connectivity index (χ3n) is 4.71. The van der Waals surface area contributed by atoms with Crippen molar-refractivity contribution in [2.24, 2.45) is 4.99 Å². The molecule has 152 valence electrons. The van der Waals surface area contributed by atoms with E-state index in [0.29, 0.717) is 0 Å². The summed E-state index contributed by atoms with van der Waals surface area (Å²) in [6.07, 6.45) is 5.72. The number of rotatable bonds is 8. The molecule has 0 saturated carbocycles. The Kier molecular flexibility index (Phi) is 7.28. The number of aryl methyl sites for hydroxylation is 1. The summed E-state index contributed by atoms with van der Waals surface area (Å²) in [4.78, 5) is 4.31. The Hall–Kier alpha value is -3.28. The van der Waals surface area contributed by atoms with Crippen LogP contribution in [0, 0.1) is 6.92 Å². The molecule has 6 nitrogen and oxygen atoms in total. The molecule has 0 aliphatic heterocycles. The second kappa shape index (κ2) is 10.3. The van der Waals surface area contributed by atoms with E-state index >= 15 is 0 Å². The summed E-state index contributed by atoms with van der Waals surface area (Å²) in [6.45, 7) is 3.66. The fourth-order valence-corrected chi connectivity index (χ4v) is 3.18. The first-order valence-electron chi connectivity index (χ1n) is 9.86. The van der Waals surface area contributed by atoms with Crippen LogP contribution in [0.15, 0.2) is 65.9 Å². The van der Waals surface area contributed by atoms with Crippen LogP contribution in [-0.4, -0.2) is 43.0 Å². The molecule has 0 atom stereocenters. The van der Waals surface area contributed by atoms with E-state index in [2.05, 4.69) is 46.0 Å². The molecule has 0 fully saturated rings. The van der Waals surface area contributed by atoms with Crippen LogP contribution in [-0.2, 0) is 12.8 Å². The number of nitrogens with one attached hydrogen (secondary N) is 2. The van der Waals surface area contributed by atoms with Crippen molar-refractivity contribution in [3.63, 3.8) is 0 Å². The van der Waals surface area contributed by atoms with Crippen molar-refractivity contribution in [1.82, 2.24) is 20.4 Å². The smallest absolute Gasteiger partial charge is 0.190 e. The van der Waals surface area contributed by atoms with Crippen LogP contribution in [0.2, 0.25) is 0 Å². The Labute approximate surface area is 172 Å². The van der Waals surface area contributed by atoms with Crippen LogP contribution < -0.4 is 15.4 Å². The zero-order chi connectivity index (χ0) is 20.5. The van der Waals surface area contributed by atoms with Gasteiger partial charge >= 0.3 is 0 Å². The number of guanidine groups is 1. The maximum Gasteiger partial charge on any atom is 0.190 e. The van der Waals surface area contributed by atoms with Gasteiger partial charge in [0.2, 0.25) is 0 Å². The summed E-state index contributed by atoms with van der Waals surface area (Å²) in [5.74, 6) is 1.72. The van der Waals surface area contributed by atoms with Crippen molar-refractivity contribution in [1.29, 1.82) is 0 Å². The minimum absolute atomic E-state index is 0.783. The molecule has 0 aliphatic rings. The molecular weight excluding hydrogens is 362 g/mol. The fraction of sp³-hybridized carbons (Fsp3) is 0.304. The van der Waals surface area contributed by atoms with E-state index in [1.165, 1.54) is 16.7 Å². The molecule has 0 aliphatic carbocycles. The van der Waals surface area contributed by atoms with Crippen LogP contribution in [0.3, 0.4) is 0 Å². The van der Waals surface area contributed by atoms with Gasteiger partial charge in [-0.15, -0.1) is 0 Å². The van der Waals surface area contributed by atoms with E-state index in [-0.39, 0.29) is 0 Å². The van der Waals surface area contributed by atoms with Gasteiger partial charge in [0.25, 0.3) is 0 Å². The topological polar surface area (TPSA) is 63.5 Å². The highest BCUT2D eigenvalue weighted by molar-refractivity contribution is 5.79. The number of hydrogen-bond donors (Lipinski definition) is 2. The molecule has 6 heteroatoms. The molecular formula is C23H29N5O. The lowest BCUT2D eigenvalue weighted by atomic mass is 10.1. The lowest BCUT2D eigenvalue weighted by molar-refractivity contribution is 0.409. The van der Waals surface area contributed by atoms with Gasteiger partial charge in [0.15, 0.2) is 5.96 Å². The van der Waals surface area contributed by atoms with Gasteiger partial charge in [-0.25, -0.2) is 4.68 Å². The number of ether oxygens (including phenoxy) is 1. The summed E-state index contributed by atoms with van der Waals surface area (Å²) in [7, 11) is 3.50. The third kappa shape index (κ3) is 5.85. The number of benzene rings is 2. The molecule has 1 heterocycles. The average molecular weight is 392 g/mol. The molecule has 0 amide bonds. The predicted octanol–water partition coefficient (Wildman–Crippen LogP) is 3.14. The summed E-state index contributed by atoms with van der Waals surface area (Å²) in [5.41, 5.74) is 4.68. The maximum absolute atomic E-state index is 5.45. The maximum atomic E-state index is 5.45. The average Bonchev–Trinajstić information content (AvgIpc) is 3.22. The zero-order valence-electron chi connectivity index (χ0n) is 17.4. The second-order valence-electron chi connectivity index (χ2n) is 6.87. The zero-order valence-corrected chi connectivity index (χ0v) is 17.4. The summed E-state index contributed by atoms with van der Waals surface area (Å²) < 4.78 is 7.35. The summed E-state index contributed by atoms with van der Waals surface area (Å²) in [6, 6.07) is 16.4. The van der Waals surface area contributed by atoms with Crippen LogP contribution in [0.1, 0.15) is 16.7 Å². The quantitative estimate of drug-likeness (QED) is 0.457. The third-order valence-corrected chi connectivity index (χ3v) is 4.71. The Morgan fingerprint density at radius 1 is 1.07 bits per heavy atom. The Bertz CT molecular complexity index is 933. The summed E-state index contributed by atoms with van der Waals surface area (Å²) >= 11 is 0. The lowest BCUT2D eigenvalue weighted by Crippen LogP contribution is -2.39. The largest absolute Gasteiger partial charge is 0.496 e. The van der Waals surface area contributed by atoms with Crippen LogP contribution in [0.5, 0.6) is 5.75 Å². The van der Waals surface area contributed by atoms with Crippen molar-refractivity contribution < 1.29 is 4.74 Å². The number of hydrogen-bond acceptors (Lipinski definition) is 3. The van der Waals surface area contributed by atoms with Gasteiger partial charge in [0.1, 0.15) is 5.75 Å². The van der Waals surface area contributed by atoms with Gasteiger partial charge in [0.05, 0.1) is 19.0 Å². The number of nitrogens with zero attached hydrogens (tertiary/aromatic N) is 3. The van der Waals surface area contributed by atoms with Gasteiger partial charge in [-0.05, 0) is 49.1 Å². The second-order valence-corrected chi connectivity index (χ2v) is 6.87. The molecule has 0 saturated heterocycles. The first-order valence-corrected chi connectivity index (χ1v) is 9.86. The van der Waals surface area contributed by atoms with Crippen molar-refractivity contribution in [2.75, 3.05) is 27.2 Å². The molecule has 0 radical (unpaired) electrons. The number of aromatic nitrogens is 2. The van der Waals surface area contributed by atoms with Crippen molar-refractivity contribution in [2.45, 2.75) is 19.8 Å². The number of aliphatic imine (C=N–C) groups is 1. The molecule has 0 unspecified atom stereocenters. The van der Waals surface area contributed by atoms with Gasteiger partial charge in [-0.2, -0.15) is 5.10 Å². The van der Waals surface area contributed by atoms with E-state index in [4.69, 9.17) is 4.74 Å². The van der Waals surface area contributed by atoms with Crippen LogP contribution in [0.4, 0.5) is 0 Å². The van der Waals surface area contributed by atoms with Crippen LogP contribution in [0.25, 0.3) is 5.69 Å². The number of para-hydroxylation sites is 1. The van der Waals surface area contributed by atoms with E-state index in [1.807, 2.05) is 47.3 Å². The van der Waals surface area contributed by atoms with Gasteiger partial charge in [-0.1, -0.05) is 35.9 Å². The van der Waals surface area contributed by atoms with Gasteiger partial charge in [-0.3, -0.25) is 4.99 Å². The Balaban J connectivity index is 1.44. The molecule has 3 rings (SSSR count). The van der Waals surface area contributed by atoms with Gasteiger partial charge in [0, 0.05) is 26.3 Å². The lowest BCUT2D eigenvalue weighted by Gasteiger charge is -2.13. The molecule has 29 heavy (non-hydrogen) atoms. The first kappa shape index (κ1) is 20.5. The first-order chi connectivity index (χ1) is 14.2. The predicted molar refractivity (Wildman–Crippen MR) is 118 cm³/mol. The standard InChI is InChI=1S/C23H29N5O/c1-18-9-10-22(29-3)20(15-18)12-14-26-23(24-2)25-13-11-19-16-27-28(17-19)21-7-5-4-6-8-21/h4-10,15-17H,11-14H2,1-3H3,(H2,24,25,26). The molecule has 1 aromatic heterocycles. The molecule has 0 bridgehead atoms. The van der Waals surface area contributed by atoms with Gasteiger partial charge < -0.3 is 15.4 Å². The van der Waals surface area contributed by atoms with E-state index in [1.54, 1.807) is 14.2 Å². The SMILES string of the molecule is CN=C(NCCc1cnn(-c2ccccc2)c1)NCCc1cc(C)ccc1OC. The Morgan fingerprint density at radius 3 is 2.55 bits per heavy atom. The molecule has 2 N–H and O–H groups in total. The summed E-state index contributed by atoms with van der Waals surface area (Å²) in [5, 5.41) is 11.2. The highest BCUT2D eigenvalue weighted by Crippen LogP contribution is 2.19. The fourth-order valence-electron chi connectivity index (χ4n) is 3.18. The number of methoxy groups -OCH3 is 1. The van der Waals surface area contributed by atoms with E-state index in [9.17, 15) is 0 Å². The van der Waals surface area contributed by atoms with Crippen LogP contribution >= 0.6 is 0 Å². The van der Waals surface area contributed by atoms with Crippen molar-refractivity contribution in [3.05, 3.63) is 77.6 Å². The highest BCUT2D eigenvalue weighted by Gasteiger charge is 2.05. The minimum atomic E-state index is 0.783. The van der Waals surface area contributed by atoms with Crippen molar-refractivity contribution in [3.8, 4) is 11.4 Å². The molecule has 0 spiro atoms. The highest BCUT2D eigenvalue weighted by atomic mass is 16.5. The van der Waals surface area contributed by atoms with Crippen molar-refractivity contribution >= 4 is 5.96 Å². The minimum Gasteiger partial charge on any atom is -0.496 e. The van der Waals surface area contributed by atoms with E-state index < -0.39 is 0 Å². The normalized spacial score (nSPS) is 11.3. The monoisotopic (exact) mass is 391 g/mol. The Morgan fingerprint density at radius 2 is 1.83 bits per heavy atom. The molecule has 2 aromatic carbocycles. The molecule has 3 aromatic rings.